The lowest BCUT2D eigenvalue weighted by Crippen LogP contribution is -2.30. The zero-order valence-corrected chi connectivity index (χ0v) is 12.9. The third-order valence-corrected chi connectivity index (χ3v) is 3.92. The minimum atomic E-state index is -3.83. The first-order valence-electron chi connectivity index (χ1n) is 6.77. The number of benzene rings is 2. The van der Waals surface area contributed by atoms with Gasteiger partial charge < -0.3 is 10.6 Å². The summed E-state index contributed by atoms with van der Waals surface area (Å²) in [6, 6.07) is 11.2. The van der Waals surface area contributed by atoms with Crippen LogP contribution in [0.4, 0.5) is 14.9 Å². The lowest BCUT2D eigenvalue weighted by Gasteiger charge is -2.08. The summed E-state index contributed by atoms with van der Waals surface area (Å²) in [6.45, 7) is 0.310. The molecule has 2 aromatic carbocycles. The largest absolute Gasteiger partial charge is 0.338 e. The van der Waals surface area contributed by atoms with E-state index in [1.54, 1.807) is 18.2 Å². The molecule has 122 valence electrons. The smallest absolute Gasteiger partial charge is 0.319 e. The van der Waals surface area contributed by atoms with Crippen LogP contribution in [0.5, 0.6) is 0 Å². The molecule has 0 saturated carbocycles. The Balaban J connectivity index is 1.88. The molecule has 0 aliphatic carbocycles. The highest BCUT2D eigenvalue weighted by atomic mass is 32.2. The Kier molecular flexibility index (Phi) is 5.30. The summed E-state index contributed by atoms with van der Waals surface area (Å²) in [7, 11) is -3.83. The Hall–Kier alpha value is -2.45. The van der Waals surface area contributed by atoms with E-state index in [4.69, 9.17) is 5.14 Å². The van der Waals surface area contributed by atoms with Crippen molar-refractivity contribution in [2.24, 2.45) is 5.14 Å². The van der Waals surface area contributed by atoms with Gasteiger partial charge in [0, 0.05) is 12.2 Å². The molecule has 4 N–H and O–H groups in total. The number of sulfonamides is 1. The molecule has 0 fully saturated rings. The van der Waals surface area contributed by atoms with Crippen molar-refractivity contribution in [2.45, 2.75) is 11.3 Å². The van der Waals surface area contributed by atoms with Crippen LogP contribution in [0.15, 0.2) is 53.4 Å². The van der Waals surface area contributed by atoms with E-state index in [0.29, 0.717) is 18.7 Å². The van der Waals surface area contributed by atoms with Crippen molar-refractivity contribution in [3.8, 4) is 0 Å². The van der Waals surface area contributed by atoms with E-state index >= 15 is 0 Å². The highest BCUT2D eigenvalue weighted by molar-refractivity contribution is 7.89. The van der Waals surface area contributed by atoms with Gasteiger partial charge in [0.15, 0.2) is 0 Å². The summed E-state index contributed by atoms with van der Waals surface area (Å²) in [6.07, 6.45) is 0.475. The quantitative estimate of drug-likeness (QED) is 0.776. The normalized spacial score (nSPS) is 11.0. The topological polar surface area (TPSA) is 101 Å². The number of hydrogen-bond donors (Lipinski definition) is 3. The molecular formula is C15H16FN3O3S. The maximum Gasteiger partial charge on any atom is 0.319 e. The number of anilines is 1. The number of carbonyl (C=O) groups excluding carboxylic acids is 1. The fourth-order valence-electron chi connectivity index (χ4n) is 1.94. The van der Waals surface area contributed by atoms with Crippen molar-refractivity contribution in [3.63, 3.8) is 0 Å². The first-order chi connectivity index (χ1) is 10.8. The molecule has 6 nitrogen and oxygen atoms in total. The lowest BCUT2D eigenvalue weighted by molar-refractivity contribution is 0.252. The maximum atomic E-state index is 13.0. The number of primary sulfonamides is 1. The Morgan fingerprint density at radius 3 is 2.57 bits per heavy atom. The lowest BCUT2D eigenvalue weighted by atomic mass is 10.1. The summed E-state index contributed by atoms with van der Waals surface area (Å²) in [5.74, 6) is -0.327. The molecule has 0 unspecified atom stereocenters. The second kappa shape index (κ2) is 7.21. The van der Waals surface area contributed by atoms with Crippen LogP contribution in [-0.2, 0) is 16.4 Å². The van der Waals surface area contributed by atoms with Gasteiger partial charge in [0.05, 0.1) is 4.90 Å². The summed E-state index contributed by atoms with van der Waals surface area (Å²) >= 11 is 0. The van der Waals surface area contributed by atoms with Crippen LogP contribution in [0.3, 0.4) is 0 Å². The Bertz CT molecular complexity index is 809. The minimum Gasteiger partial charge on any atom is -0.338 e. The van der Waals surface area contributed by atoms with Gasteiger partial charge in [0.1, 0.15) is 5.82 Å². The number of nitrogens with two attached hydrogens (primary N) is 1. The van der Waals surface area contributed by atoms with Gasteiger partial charge in [-0.3, -0.25) is 0 Å². The number of hydrogen-bond acceptors (Lipinski definition) is 3. The van der Waals surface area contributed by atoms with E-state index in [0.717, 1.165) is 5.56 Å². The Labute approximate surface area is 133 Å². The van der Waals surface area contributed by atoms with Gasteiger partial charge in [-0.15, -0.1) is 0 Å². The predicted octanol–water partition coefficient (Wildman–Crippen LogP) is 1.84. The summed E-state index contributed by atoms with van der Waals surface area (Å²) < 4.78 is 35.5. The van der Waals surface area contributed by atoms with Gasteiger partial charge in [0.25, 0.3) is 0 Å². The van der Waals surface area contributed by atoms with Crippen LogP contribution < -0.4 is 15.8 Å². The van der Waals surface area contributed by atoms with Gasteiger partial charge in [-0.1, -0.05) is 18.2 Å². The summed E-state index contributed by atoms with van der Waals surface area (Å²) in [5, 5.41) is 10.1. The number of nitrogens with one attached hydrogen (secondary N) is 2. The van der Waals surface area contributed by atoms with Gasteiger partial charge >= 0.3 is 6.03 Å². The summed E-state index contributed by atoms with van der Waals surface area (Å²) in [4.78, 5) is 11.7. The molecule has 0 atom stereocenters. The molecule has 23 heavy (non-hydrogen) atoms. The molecule has 0 spiro atoms. The van der Waals surface area contributed by atoms with E-state index in [-0.39, 0.29) is 10.7 Å². The number of rotatable bonds is 5. The third kappa shape index (κ3) is 5.35. The van der Waals surface area contributed by atoms with Crippen LogP contribution in [0.25, 0.3) is 0 Å². The fraction of sp³-hybridized carbons (Fsp3) is 0.133. The van der Waals surface area contributed by atoms with E-state index in [2.05, 4.69) is 10.6 Å². The molecular weight excluding hydrogens is 321 g/mol. The SMILES string of the molecule is NS(=O)(=O)c1cccc(NC(=O)NCCc2cccc(F)c2)c1. The monoisotopic (exact) mass is 337 g/mol. The molecule has 0 aliphatic heterocycles. The highest BCUT2D eigenvalue weighted by Gasteiger charge is 2.09. The van der Waals surface area contributed by atoms with Crippen LogP contribution in [0.1, 0.15) is 5.56 Å². The first-order valence-corrected chi connectivity index (χ1v) is 8.31. The first kappa shape index (κ1) is 16.9. The molecule has 0 radical (unpaired) electrons. The van der Waals surface area contributed by atoms with E-state index in [9.17, 15) is 17.6 Å². The molecule has 2 aromatic rings. The molecule has 0 bridgehead atoms. The third-order valence-electron chi connectivity index (χ3n) is 3.01. The maximum absolute atomic E-state index is 13.0. The molecule has 2 amide bonds. The zero-order valence-electron chi connectivity index (χ0n) is 12.1. The van der Waals surface area contributed by atoms with Crippen LogP contribution in [0, 0.1) is 5.82 Å². The van der Waals surface area contributed by atoms with Crippen LogP contribution >= 0.6 is 0 Å². The van der Waals surface area contributed by atoms with Crippen molar-refractivity contribution >= 4 is 21.7 Å². The molecule has 0 aliphatic rings. The standard InChI is InChI=1S/C15H16FN3O3S/c16-12-4-1-3-11(9-12)7-8-18-15(20)19-13-5-2-6-14(10-13)23(17,21)22/h1-6,9-10H,7-8H2,(H2,17,21,22)(H2,18,19,20). The Morgan fingerprint density at radius 1 is 1.13 bits per heavy atom. The van der Waals surface area contributed by atoms with E-state index < -0.39 is 16.1 Å². The average Bonchev–Trinajstić information content (AvgIpc) is 2.46. The number of urea groups is 1. The van der Waals surface area contributed by atoms with Crippen molar-refractivity contribution in [3.05, 3.63) is 59.9 Å². The summed E-state index contributed by atoms with van der Waals surface area (Å²) in [5.41, 5.74) is 1.07. The number of halogens is 1. The van der Waals surface area contributed by atoms with Gasteiger partial charge in [0.2, 0.25) is 10.0 Å². The predicted molar refractivity (Wildman–Crippen MR) is 84.9 cm³/mol. The van der Waals surface area contributed by atoms with E-state index in [1.165, 1.54) is 30.3 Å². The Morgan fingerprint density at radius 2 is 1.87 bits per heavy atom. The molecule has 2 rings (SSSR count). The van der Waals surface area contributed by atoms with Gasteiger partial charge in [-0.05, 0) is 42.3 Å². The van der Waals surface area contributed by atoms with Crippen molar-refractivity contribution in [1.82, 2.24) is 5.32 Å². The molecule has 8 heteroatoms. The zero-order chi connectivity index (χ0) is 16.9. The molecule has 0 saturated heterocycles. The van der Waals surface area contributed by atoms with Crippen LogP contribution in [-0.4, -0.2) is 21.0 Å². The minimum absolute atomic E-state index is 0.0879. The average molecular weight is 337 g/mol. The number of amides is 2. The molecule has 0 heterocycles. The molecule has 0 aromatic heterocycles. The number of carbonyl (C=O) groups is 1. The fourth-order valence-corrected chi connectivity index (χ4v) is 2.50. The van der Waals surface area contributed by atoms with Gasteiger partial charge in [-0.2, -0.15) is 0 Å². The van der Waals surface area contributed by atoms with E-state index in [1.807, 2.05) is 0 Å². The second-order valence-corrected chi connectivity index (χ2v) is 6.40. The highest BCUT2D eigenvalue weighted by Crippen LogP contribution is 2.13. The van der Waals surface area contributed by atoms with Crippen LogP contribution in [0.2, 0.25) is 0 Å². The van der Waals surface area contributed by atoms with Crippen molar-refractivity contribution in [1.29, 1.82) is 0 Å². The van der Waals surface area contributed by atoms with Crippen molar-refractivity contribution in [2.75, 3.05) is 11.9 Å². The van der Waals surface area contributed by atoms with Crippen molar-refractivity contribution < 1.29 is 17.6 Å². The second-order valence-electron chi connectivity index (χ2n) is 4.83. The van der Waals surface area contributed by atoms with Gasteiger partial charge in [-0.25, -0.2) is 22.7 Å².